The summed E-state index contributed by atoms with van der Waals surface area (Å²) < 4.78 is 5.23. The number of carbonyl (C=O) groups excluding carboxylic acids is 1. The van der Waals surface area contributed by atoms with E-state index in [1.54, 1.807) is 17.0 Å². The lowest BCUT2D eigenvalue weighted by molar-refractivity contribution is 0.0972. The smallest absolute Gasteiger partial charge is 0.321 e. The zero-order valence-electron chi connectivity index (χ0n) is 11.6. The van der Waals surface area contributed by atoms with E-state index in [0.29, 0.717) is 42.4 Å². The van der Waals surface area contributed by atoms with Gasteiger partial charge >= 0.3 is 6.03 Å². The largest absolute Gasteiger partial charge is 0.495 e. The van der Waals surface area contributed by atoms with Gasteiger partial charge in [-0.1, -0.05) is 11.6 Å². The van der Waals surface area contributed by atoms with Gasteiger partial charge in [0.2, 0.25) is 0 Å². The van der Waals surface area contributed by atoms with Crippen LogP contribution in [0.1, 0.15) is 18.4 Å². The number of aliphatic hydroxyl groups excluding tert-OH is 1. The van der Waals surface area contributed by atoms with Crippen LogP contribution < -0.4 is 10.1 Å². The molecule has 1 heterocycles. The molecule has 20 heavy (non-hydrogen) atoms. The number of rotatable bonds is 2. The molecule has 2 amide bonds. The summed E-state index contributed by atoms with van der Waals surface area (Å²) in [5, 5.41) is 12.9. The van der Waals surface area contributed by atoms with Crippen molar-refractivity contribution in [2.24, 2.45) is 0 Å². The average Bonchev–Trinajstić information content (AvgIpc) is 2.43. The Hall–Kier alpha value is -1.46. The van der Waals surface area contributed by atoms with Crippen LogP contribution in [0.4, 0.5) is 10.5 Å². The van der Waals surface area contributed by atoms with Crippen LogP contribution in [0.15, 0.2) is 12.1 Å². The number of ether oxygens (including phenoxy) is 1. The number of carbonyl (C=O) groups is 1. The van der Waals surface area contributed by atoms with Crippen molar-refractivity contribution in [1.82, 2.24) is 4.90 Å². The second kappa shape index (κ2) is 6.33. The number of hydrogen-bond acceptors (Lipinski definition) is 3. The van der Waals surface area contributed by atoms with Gasteiger partial charge in [-0.2, -0.15) is 0 Å². The first-order valence-electron chi connectivity index (χ1n) is 6.59. The molecular formula is C14H19ClN2O3. The number of methoxy groups -OCH3 is 1. The normalized spacial score (nSPS) is 16.1. The fourth-order valence-electron chi connectivity index (χ4n) is 2.19. The molecule has 6 heteroatoms. The number of urea groups is 1. The molecule has 2 N–H and O–H groups in total. The lowest BCUT2D eigenvalue weighted by atomic mass is 10.1. The summed E-state index contributed by atoms with van der Waals surface area (Å²) in [5.41, 5.74) is 1.47. The van der Waals surface area contributed by atoms with Gasteiger partial charge in [-0.3, -0.25) is 0 Å². The van der Waals surface area contributed by atoms with Crippen LogP contribution in [0.3, 0.4) is 0 Å². The van der Waals surface area contributed by atoms with Crippen LogP contribution in [0.25, 0.3) is 0 Å². The van der Waals surface area contributed by atoms with Crippen molar-refractivity contribution in [2.45, 2.75) is 25.9 Å². The highest BCUT2D eigenvalue weighted by atomic mass is 35.5. The molecule has 2 rings (SSSR count). The first kappa shape index (κ1) is 14.9. The second-order valence-corrected chi connectivity index (χ2v) is 5.36. The van der Waals surface area contributed by atoms with E-state index in [0.717, 1.165) is 5.56 Å². The number of halogens is 1. The summed E-state index contributed by atoms with van der Waals surface area (Å²) in [6.45, 7) is 2.98. The molecule has 1 saturated heterocycles. The standard InChI is InChI=1S/C14H19ClN2O3/c1-9-7-12(13(20-2)8-11(9)15)16-14(19)17-5-3-10(18)4-6-17/h7-8,10,18H,3-6H2,1-2H3,(H,16,19). The summed E-state index contributed by atoms with van der Waals surface area (Å²) >= 11 is 6.03. The minimum atomic E-state index is -0.300. The summed E-state index contributed by atoms with van der Waals surface area (Å²) in [6, 6.07) is 3.29. The molecule has 0 atom stereocenters. The van der Waals surface area contributed by atoms with Crippen molar-refractivity contribution in [2.75, 3.05) is 25.5 Å². The van der Waals surface area contributed by atoms with Crippen LogP contribution in [0.5, 0.6) is 5.75 Å². The lowest BCUT2D eigenvalue weighted by Gasteiger charge is -2.29. The quantitative estimate of drug-likeness (QED) is 0.882. The van der Waals surface area contributed by atoms with Crippen LogP contribution in [-0.4, -0.2) is 42.3 Å². The Kier molecular flexibility index (Phi) is 4.73. The van der Waals surface area contributed by atoms with Crippen LogP contribution >= 0.6 is 11.6 Å². The topological polar surface area (TPSA) is 61.8 Å². The zero-order chi connectivity index (χ0) is 14.7. The molecule has 1 aromatic rings. The number of piperidine rings is 1. The maximum absolute atomic E-state index is 12.2. The van der Waals surface area contributed by atoms with E-state index >= 15 is 0 Å². The predicted octanol–water partition coefficient (Wildman–Crippen LogP) is 2.65. The van der Waals surface area contributed by atoms with E-state index in [1.165, 1.54) is 7.11 Å². The van der Waals surface area contributed by atoms with Gasteiger partial charge in [0, 0.05) is 24.2 Å². The fraction of sp³-hybridized carbons (Fsp3) is 0.500. The third kappa shape index (κ3) is 3.35. The highest BCUT2D eigenvalue weighted by Gasteiger charge is 2.22. The number of nitrogens with one attached hydrogen (secondary N) is 1. The molecule has 0 unspecified atom stereocenters. The molecule has 0 aliphatic carbocycles. The van der Waals surface area contributed by atoms with Crippen molar-refractivity contribution in [3.63, 3.8) is 0 Å². The Morgan fingerprint density at radius 1 is 1.45 bits per heavy atom. The Balaban J connectivity index is 2.09. The van der Waals surface area contributed by atoms with Crippen LogP contribution in [0.2, 0.25) is 5.02 Å². The molecule has 0 saturated carbocycles. The maximum Gasteiger partial charge on any atom is 0.321 e. The van der Waals surface area contributed by atoms with Crippen molar-refractivity contribution < 1.29 is 14.6 Å². The Bertz CT molecular complexity index is 499. The summed E-state index contributed by atoms with van der Waals surface area (Å²) in [4.78, 5) is 13.9. The molecule has 1 aliphatic heterocycles. The molecule has 0 bridgehead atoms. The molecule has 0 spiro atoms. The highest BCUT2D eigenvalue weighted by molar-refractivity contribution is 6.31. The number of likely N-dealkylation sites (tertiary alicyclic amines) is 1. The van der Waals surface area contributed by atoms with Gasteiger partial charge < -0.3 is 20.1 Å². The molecule has 1 fully saturated rings. The highest BCUT2D eigenvalue weighted by Crippen LogP contribution is 2.31. The minimum absolute atomic E-state index is 0.183. The van der Waals surface area contributed by atoms with Gasteiger partial charge in [0.05, 0.1) is 18.9 Å². The predicted molar refractivity (Wildman–Crippen MR) is 78.6 cm³/mol. The first-order valence-corrected chi connectivity index (χ1v) is 6.97. The first-order chi connectivity index (χ1) is 9.51. The maximum atomic E-state index is 12.2. The second-order valence-electron chi connectivity index (χ2n) is 4.95. The number of benzene rings is 1. The van der Waals surface area contributed by atoms with Gasteiger partial charge in [-0.05, 0) is 31.4 Å². The van der Waals surface area contributed by atoms with Crippen molar-refractivity contribution in [3.8, 4) is 5.75 Å². The summed E-state index contributed by atoms with van der Waals surface area (Å²) in [5.74, 6) is 0.533. The molecule has 0 radical (unpaired) electrons. The summed E-state index contributed by atoms with van der Waals surface area (Å²) in [7, 11) is 1.54. The van der Waals surface area contributed by atoms with Gasteiger partial charge in [0.15, 0.2) is 0 Å². The molecule has 1 aromatic carbocycles. The zero-order valence-corrected chi connectivity index (χ0v) is 12.4. The Morgan fingerprint density at radius 3 is 2.70 bits per heavy atom. The third-order valence-corrected chi connectivity index (χ3v) is 3.88. The summed E-state index contributed by atoms with van der Waals surface area (Å²) in [6.07, 6.45) is 0.931. The van der Waals surface area contributed by atoms with Crippen molar-refractivity contribution in [1.29, 1.82) is 0 Å². The Morgan fingerprint density at radius 2 is 2.10 bits per heavy atom. The average molecular weight is 299 g/mol. The SMILES string of the molecule is COc1cc(Cl)c(C)cc1NC(=O)N1CCC(O)CC1. The van der Waals surface area contributed by atoms with E-state index in [1.807, 2.05) is 6.92 Å². The van der Waals surface area contributed by atoms with Gasteiger partial charge in [-0.25, -0.2) is 4.79 Å². The molecular weight excluding hydrogens is 280 g/mol. The van der Waals surface area contributed by atoms with Crippen LogP contribution in [0, 0.1) is 6.92 Å². The fourth-order valence-corrected chi connectivity index (χ4v) is 2.35. The molecule has 110 valence electrons. The van der Waals surface area contributed by atoms with Gasteiger partial charge in [-0.15, -0.1) is 0 Å². The van der Waals surface area contributed by atoms with Gasteiger partial charge in [0.1, 0.15) is 5.75 Å². The molecule has 5 nitrogen and oxygen atoms in total. The van der Waals surface area contributed by atoms with Crippen LogP contribution in [-0.2, 0) is 0 Å². The number of anilines is 1. The number of amides is 2. The molecule has 1 aliphatic rings. The number of hydrogen-bond donors (Lipinski definition) is 2. The van der Waals surface area contributed by atoms with Gasteiger partial charge in [0.25, 0.3) is 0 Å². The third-order valence-electron chi connectivity index (χ3n) is 3.47. The Labute approximate surface area is 123 Å². The number of aliphatic hydroxyl groups is 1. The lowest BCUT2D eigenvalue weighted by Crippen LogP contribution is -2.42. The van der Waals surface area contributed by atoms with E-state index < -0.39 is 0 Å². The number of nitrogens with zero attached hydrogens (tertiary/aromatic N) is 1. The minimum Gasteiger partial charge on any atom is -0.495 e. The van der Waals surface area contributed by atoms with Crippen molar-refractivity contribution in [3.05, 3.63) is 22.7 Å². The number of aryl methyl sites for hydroxylation is 1. The van der Waals surface area contributed by atoms with E-state index in [2.05, 4.69) is 5.32 Å². The monoisotopic (exact) mass is 298 g/mol. The molecule has 0 aromatic heterocycles. The van der Waals surface area contributed by atoms with E-state index in [9.17, 15) is 9.90 Å². The van der Waals surface area contributed by atoms with E-state index in [-0.39, 0.29) is 12.1 Å². The van der Waals surface area contributed by atoms with Crippen molar-refractivity contribution >= 4 is 23.3 Å². The van der Waals surface area contributed by atoms with E-state index in [4.69, 9.17) is 16.3 Å².